The van der Waals surface area contributed by atoms with Gasteiger partial charge in [0.1, 0.15) is 5.00 Å². The maximum atomic E-state index is 13.7. The number of halogens is 2. The van der Waals surface area contributed by atoms with Crippen molar-refractivity contribution >= 4 is 54.9 Å². The van der Waals surface area contributed by atoms with Crippen molar-refractivity contribution in [1.29, 1.82) is 0 Å². The number of hydrogen-bond donors (Lipinski definition) is 1. The number of nitrogens with one attached hydrogen (secondary N) is 1. The lowest BCUT2D eigenvalue weighted by Crippen LogP contribution is -2.26. The van der Waals surface area contributed by atoms with E-state index in [2.05, 4.69) is 26.3 Å². The lowest BCUT2D eigenvalue weighted by atomic mass is 10.2. The number of hydrogen-bond acceptors (Lipinski definition) is 7. The van der Waals surface area contributed by atoms with Gasteiger partial charge < -0.3 is 14.8 Å². The van der Waals surface area contributed by atoms with Crippen LogP contribution in [-0.2, 0) is 9.53 Å². The van der Waals surface area contributed by atoms with Gasteiger partial charge in [-0.1, -0.05) is 28.1 Å². The number of esters is 1. The van der Waals surface area contributed by atoms with E-state index in [1.54, 1.807) is 42.6 Å². The van der Waals surface area contributed by atoms with Crippen molar-refractivity contribution < 1.29 is 23.5 Å². The van der Waals surface area contributed by atoms with Crippen molar-refractivity contribution in [3.8, 4) is 11.4 Å². The molecule has 0 radical (unpaired) electrons. The zero-order valence-corrected chi connectivity index (χ0v) is 20.1. The Kier molecular flexibility index (Phi) is 7.03. The highest BCUT2D eigenvalue weighted by Gasteiger charge is 2.23. The van der Waals surface area contributed by atoms with E-state index in [1.165, 1.54) is 18.2 Å². The summed E-state index contributed by atoms with van der Waals surface area (Å²) >= 11 is 4.40. The highest BCUT2D eigenvalue weighted by molar-refractivity contribution is 9.10. The molecule has 34 heavy (non-hydrogen) atoms. The van der Waals surface area contributed by atoms with Crippen molar-refractivity contribution in [2.45, 2.75) is 6.92 Å². The molecule has 11 heteroatoms. The van der Waals surface area contributed by atoms with Crippen LogP contribution in [0.5, 0.6) is 5.75 Å². The summed E-state index contributed by atoms with van der Waals surface area (Å²) in [4.78, 5) is 38.4. The number of rotatable bonds is 7. The number of thiophene rings is 1. The summed E-state index contributed by atoms with van der Waals surface area (Å²) in [6, 6.07) is 12.5. The summed E-state index contributed by atoms with van der Waals surface area (Å²) < 4.78 is 26.0. The molecule has 0 unspecified atom stereocenters. The van der Waals surface area contributed by atoms with Crippen molar-refractivity contribution in [2.24, 2.45) is 0 Å². The van der Waals surface area contributed by atoms with Gasteiger partial charge in [-0.2, -0.15) is 9.78 Å². The third-order valence-corrected chi connectivity index (χ3v) is 6.06. The molecule has 0 saturated carbocycles. The van der Waals surface area contributed by atoms with Crippen LogP contribution < -0.4 is 15.6 Å². The Morgan fingerprint density at radius 3 is 2.62 bits per heavy atom. The number of fused-ring (bicyclic) bond motifs is 1. The number of aromatic nitrogens is 2. The summed E-state index contributed by atoms with van der Waals surface area (Å²) in [5.41, 5.74) is -0.164. The number of carbonyl (C=O) groups is 2. The zero-order chi connectivity index (χ0) is 24.2. The van der Waals surface area contributed by atoms with Gasteiger partial charge in [0.2, 0.25) is 0 Å². The second-order valence-electron chi connectivity index (χ2n) is 6.88. The molecule has 0 aliphatic carbocycles. The average molecular weight is 546 g/mol. The molecular formula is C23H17BrFN3O5S. The molecular weight excluding hydrogens is 529 g/mol. The largest absolute Gasteiger partial charge is 0.481 e. The van der Waals surface area contributed by atoms with E-state index in [-0.39, 0.29) is 33.8 Å². The van der Waals surface area contributed by atoms with Gasteiger partial charge in [-0.05, 0) is 43.3 Å². The maximum Gasteiger partial charge on any atom is 0.359 e. The molecule has 4 rings (SSSR count). The van der Waals surface area contributed by atoms with E-state index >= 15 is 0 Å². The van der Waals surface area contributed by atoms with Crippen LogP contribution in [0.15, 0.2) is 63.2 Å². The first-order chi connectivity index (χ1) is 16.4. The van der Waals surface area contributed by atoms with Crippen LogP contribution >= 0.6 is 27.3 Å². The minimum atomic E-state index is -0.697. The minimum Gasteiger partial charge on any atom is -0.481 e. The molecule has 0 spiro atoms. The molecule has 1 amide bonds. The normalized spacial score (nSPS) is 10.8. The molecule has 2 aromatic heterocycles. The number of para-hydroxylation sites is 1. The van der Waals surface area contributed by atoms with Crippen LogP contribution in [0.25, 0.3) is 16.5 Å². The highest BCUT2D eigenvalue weighted by Crippen LogP contribution is 2.31. The van der Waals surface area contributed by atoms with Gasteiger partial charge in [-0.3, -0.25) is 9.59 Å². The Morgan fingerprint density at radius 1 is 1.18 bits per heavy atom. The second kappa shape index (κ2) is 10.1. The van der Waals surface area contributed by atoms with E-state index in [4.69, 9.17) is 9.47 Å². The highest BCUT2D eigenvalue weighted by atomic mass is 79.9. The van der Waals surface area contributed by atoms with Crippen LogP contribution in [0.4, 0.5) is 9.39 Å². The Bertz CT molecular complexity index is 1440. The van der Waals surface area contributed by atoms with Crippen molar-refractivity contribution in [3.05, 3.63) is 80.2 Å². The van der Waals surface area contributed by atoms with E-state index in [1.807, 2.05) is 0 Å². The van der Waals surface area contributed by atoms with Gasteiger partial charge in [0, 0.05) is 15.2 Å². The lowest BCUT2D eigenvalue weighted by Gasteiger charge is -2.10. The van der Waals surface area contributed by atoms with E-state index in [0.29, 0.717) is 5.69 Å². The smallest absolute Gasteiger partial charge is 0.359 e. The molecule has 0 aliphatic rings. The summed E-state index contributed by atoms with van der Waals surface area (Å²) in [5.74, 6) is -1.97. The Balaban J connectivity index is 1.72. The van der Waals surface area contributed by atoms with Crippen LogP contribution in [-0.4, -0.2) is 34.9 Å². The SMILES string of the molecule is CCOC(=O)c1nn(-c2ccc(Br)cc2)c(=O)c2c(NC(=O)COc3ccccc3F)scc12. The quantitative estimate of drug-likeness (QED) is 0.342. The van der Waals surface area contributed by atoms with E-state index in [0.717, 1.165) is 20.5 Å². The van der Waals surface area contributed by atoms with Gasteiger partial charge in [0.25, 0.3) is 11.5 Å². The fourth-order valence-electron chi connectivity index (χ4n) is 3.12. The molecule has 8 nitrogen and oxygen atoms in total. The van der Waals surface area contributed by atoms with Crippen molar-refractivity contribution in [3.63, 3.8) is 0 Å². The molecule has 0 aliphatic heterocycles. The van der Waals surface area contributed by atoms with Gasteiger partial charge >= 0.3 is 5.97 Å². The number of benzene rings is 2. The molecule has 2 aromatic carbocycles. The fraction of sp³-hybridized carbons (Fsp3) is 0.130. The number of ether oxygens (including phenoxy) is 2. The third kappa shape index (κ3) is 4.85. The first-order valence-electron chi connectivity index (χ1n) is 10.0. The molecule has 0 fully saturated rings. The molecule has 2 heterocycles. The minimum absolute atomic E-state index is 0.0567. The number of nitrogens with zero attached hydrogens (tertiary/aromatic N) is 2. The van der Waals surface area contributed by atoms with Crippen LogP contribution in [0, 0.1) is 5.82 Å². The second-order valence-corrected chi connectivity index (χ2v) is 8.68. The van der Waals surface area contributed by atoms with E-state index in [9.17, 15) is 18.8 Å². The summed E-state index contributed by atoms with van der Waals surface area (Å²) in [7, 11) is 0. The van der Waals surface area contributed by atoms with E-state index < -0.39 is 29.9 Å². The fourth-order valence-corrected chi connectivity index (χ4v) is 4.33. The first kappa shape index (κ1) is 23.6. The summed E-state index contributed by atoms with van der Waals surface area (Å²) in [6.45, 7) is 1.31. The number of carbonyl (C=O) groups excluding carboxylic acids is 2. The summed E-state index contributed by atoms with van der Waals surface area (Å²) in [5, 5.41) is 8.97. The van der Waals surface area contributed by atoms with Gasteiger partial charge in [-0.25, -0.2) is 9.18 Å². The molecule has 174 valence electrons. The molecule has 1 N–H and O–H groups in total. The van der Waals surface area contributed by atoms with Gasteiger partial charge in [0.05, 0.1) is 17.7 Å². The maximum absolute atomic E-state index is 13.7. The van der Waals surface area contributed by atoms with Crippen LogP contribution in [0.3, 0.4) is 0 Å². The first-order valence-corrected chi connectivity index (χ1v) is 11.7. The third-order valence-electron chi connectivity index (χ3n) is 4.64. The van der Waals surface area contributed by atoms with Crippen molar-refractivity contribution in [1.82, 2.24) is 9.78 Å². The Morgan fingerprint density at radius 2 is 1.91 bits per heavy atom. The predicted molar refractivity (Wildman–Crippen MR) is 129 cm³/mol. The van der Waals surface area contributed by atoms with Crippen molar-refractivity contribution in [2.75, 3.05) is 18.5 Å². The molecule has 4 aromatic rings. The lowest BCUT2D eigenvalue weighted by molar-refractivity contribution is -0.118. The van der Waals surface area contributed by atoms with Gasteiger partial charge in [-0.15, -0.1) is 11.3 Å². The van der Waals surface area contributed by atoms with Gasteiger partial charge in [0.15, 0.2) is 23.9 Å². The monoisotopic (exact) mass is 545 g/mol. The molecule has 0 saturated heterocycles. The number of amides is 1. The standard InChI is InChI=1S/C23H17BrFN3O5S/c1-2-32-23(31)20-15-12-34-21(26-18(29)11-33-17-6-4-3-5-16(17)25)19(15)22(30)28(27-20)14-9-7-13(24)8-10-14/h3-10,12H,2,11H2,1H3,(H,26,29). The topological polar surface area (TPSA) is 99.5 Å². The molecule has 0 atom stereocenters. The number of anilines is 1. The Hall–Kier alpha value is -3.57. The predicted octanol–water partition coefficient (Wildman–Crippen LogP) is 4.54. The van der Waals surface area contributed by atoms with Crippen LogP contribution in [0.1, 0.15) is 17.4 Å². The average Bonchev–Trinajstić information content (AvgIpc) is 3.23. The van der Waals surface area contributed by atoms with Crippen LogP contribution in [0.2, 0.25) is 0 Å². The zero-order valence-electron chi connectivity index (χ0n) is 17.7. The Labute approximate surface area is 205 Å². The molecule has 0 bridgehead atoms. The summed E-state index contributed by atoms with van der Waals surface area (Å²) in [6.07, 6.45) is 0.